The van der Waals surface area contributed by atoms with E-state index >= 15 is 0 Å². The van der Waals surface area contributed by atoms with Gasteiger partial charge in [0.2, 0.25) is 0 Å². The Hall–Kier alpha value is -1.56. The summed E-state index contributed by atoms with van der Waals surface area (Å²) in [5.74, 6) is 2.27. The Labute approximate surface area is 117 Å². The summed E-state index contributed by atoms with van der Waals surface area (Å²) in [5.41, 5.74) is 0. The van der Waals surface area contributed by atoms with E-state index in [4.69, 9.17) is 4.52 Å². The van der Waals surface area contributed by atoms with Crippen molar-refractivity contribution in [2.75, 3.05) is 11.9 Å². The molecule has 0 aromatic carbocycles. The number of nitrogens with zero attached hydrogens (tertiary/aromatic N) is 2. The second-order valence-electron chi connectivity index (χ2n) is 6.30. The standard InChI is InChI=1S/C14H19N3O3/c18-11-5-8-4-10(11)17(7-8)14(19)15-13-6-12(20-16-13)9-2-1-3-9/h6,8-11,18H,1-5,7H2,(H,15,16,19)/t8-,10+,11+/m0/s1. The number of carbonyl (C=O) groups excluding carboxylic acids is 1. The van der Waals surface area contributed by atoms with Gasteiger partial charge in [-0.3, -0.25) is 5.32 Å². The van der Waals surface area contributed by atoms with Crippen molar-refractivity contribution in [2.24, 2.45) is 5.92 Å². The van der Waals surface area contributed by atoms with Gasteiger partial charge in [-0.25, -0.2) is 4.79 Å². The van der Waals surface area contributed by atoms with E-state index in [1.165, 1.54) is 6.42 Å². The van der Waals surface area contributed by atoms with Gasteiger partial charge in [0.1, 0.15) is 5.76 Å². The third-order valence-electron chi connectivity index (χ3n) is 4.98. The first-order valence-electron chi connectivity index (χ1n) is 7.43. The Kier molecular flexibility index (Phi) is 2.73. The summed E-state index contributed by atoms with van der Waals surface area (Å²) in [6.45, 7) is 0.737. The van der Waals surface area contributed by atoms with Crippen LogP contribution in [-0.4, -0.2) is 39.9 Å². The van der Waals surface area contributed by atoms with Crippen molar-refractivity contribution < 1.29 is 14.4 Å². The molecule has 20 heavy (non-hydrogen) atoms. The predicted molar refractivity (Wildman–Crippen MR) is 71.3 cm³/mol. The second kappa shape index (κ2) is 4.48. The fourth-order valence-electron chi connectivity index (χ4n) is 3.64. The van der Waals surface area contributed by atoms with E-state index in [1.807, 2.05) is 6.07 Å². The normalized spacial score (nSPS) is 32.5. The number of amides is 2. The van der Waals surface area contributed by atoms with Crippen molar-refractivity contribution in [3.63, 3.8) is 0 Å². The van der Waals surface area contributed by atoms with Crippen LogP contribution in [0.2, 0.25) is 0 Å². The largest absolute Gasteiger partial charge is 0.391 e. The van der Waals surface area contributed by atoms with Crippen molar-refractivity contribution in [3.8, 4) is 0 Å². The number of hydrogen-bond donors (Lipinski definition) is 2. The van der Waals surface area contributed by atoms with Crippen LogP contribution in [0, 0.1) is 5.92 Å². The molecule has 0 unspecified atom stereocenters. The molecule has 1 aromatic rings. The maximum absolute atomic E-state index is 12.2. The summed E-state index contributed by atoms with van der Waals surface area (Å²) in [6.07, 6.45) is 4.89. The molecule has 6 heteroatoms. The number of hydrogen-bond acceptors (Lipinski definition) is 4. The Bertz CT molecular complexity index is 525. The number of likely N-dealkylation sites (tertiary alicyclic amines) is 1. The summed E-state index contributed by atoms with van der Waals surface area (Å²) in [4.78, 5) is 14.0. The van der Waals surface area contributed by atoms with Gasteiger partial charge >= 0.3 is 6.03 Å². The molecule has 2 heterocycles. The molecule has 3 fully saturated rings. The highest BCUT2D eigenvalue weighted by atomic mass is 16.5. The third-order valence-corrected chi connectivity index (χ3v) is 4.98. The number of fused-ring (bicyclic) bond motifs is 2. The first-order chi connectivity index (χ1) is 9.70. The van der Waals surface area contributed by atoms with E-state index in [-0.39, 0.29) is 18.2 Å². The van der Waals surface area contributed by atoms with Gasteiger partial charge in [0.05, 0.1) is 12.1 Å². The topological polar surface area (TPSA) is 78.6 Å². The molecular formula is C14H19N3O3. The molecule has 2 aliphatic carbocycles. The third kappa shape index (κ3) is 1.90. The molecule has 2 amide bonds. The van der Waals surface area contributed by atoms with Crippen molar-refractivity contribution >= 4 is 11.8 Å². The van der Waals surface area contributed by atoms with Crippen molar-refractivity contribution in [1.29, 1.82) is 0 Å². The maximum Gasteiger partial charge on any atom is 0.323 e. The minimum Gasteiger partial charge on any atom is -0.391 e. The summed E-state index contributed by atoms with van der Waals surface area (Å²) in [7, 11) is 0. The average molecular weight is 277 g/mol. The predicted octanol–water partition coefficient (Wildman–Crippen LogP) is 1.93. The van der Waals surface area contributed by atoms with Crippen molar-refractivity contribution in [2.45, 2.75) is 50.2 Å². The van der Waals surface area contributed by atoms with Crippen LogP contribution in [0.25, 0.3) is 0 Å². The number of urea groups is 1. The SMILES string of the molecule is O=C(Nc1cc(C2CCC2)on1)N1C[C@@H]2C[C@@H](O)[C@H]1C2. The number of aromatic nitrogens is 1. The second-order valence-corrected chi connectivity index (χ2v) is 6.30. The van der Waals surface area contributed by atoms with E-state index in [0.717, 1.165) is 38.0 Å². The molecule has 0 radical (unpaired) electrons. The maximum atomic E-state index is 12.2. The van der Waals surface area contributed by atoms with Gasteiger partial charge in [-0.15, -0.1) is 0 Å². The molecule has 2 saturated carbocycles. The molecule has 3 atom stereocenters. The number of nitrogens with one attached hydrogen (secondary N) is 1. The Morgan fingerprint density at radius 2 is 2.30 bits per heavy atom. The molecule has 3 aliphatic rings. The van der Waals surface area contributed by atoms with E-state index in [9.17, 15) is 9.90 Å². The Morgan fingerprint density at radius 3 is 2.95 bits per heavy atom. The summed E-state index contributed by atoms with van der Waals surface area (Å²) >= 11 is 0. The smallest absolute Gasteiger partial charge is 0.323 e. The van der Waals surface area contributed by atoms with Crippen LogP contribution >= 0.6 is 0 Å². The lowest BCUT2D eigenvalue weighted by Gasteiger charge is -2.30. The Morgan fingerprint density at radius 1 is 1.45 bits per heavy atom. The minimum absolute atomic E-state index is 0.0296. The average Bonchev–Trinajstić information content (AvgIpc) is 3.01. The zero-order valence-corrected chi connectivity index (χ0v) is 11.3. The summed E-state index contributed by atoms with van der Waals surface area (Å²) < 4.78 is 5.28. The first-order valence-corrected chi connectivity index (χ1v) is 7.43. The van der Waals surface area contributed by atoms with Crippen LogP contribution in [0.1, 0.15) is 43.8 Å². The molecular weight excluding hydrogens is 258 g/mol. The molecule has 108 valence electrons. The van der Waals surface area contributed by atoms with E-state index in [1.54, 1.807) is 4.90 Å². The quantitative estimate of drug-likeness (QED) is 0.865. The molecule has 1 aromatic heterocycles. The zero-order valence-electron chi connectivity index (χ0n) is 11.3. The monoisotopic (exact) mass is 277 g/mol. The van der Waals surface area contributed by atoms with Crippen LogP contribution in [0.15, 0.2) is 10.6 Å². The van der Waals surface area contributed by atoms with Gasteiger partial charge in [0, 0.05) is 18.5 Å². The van der Waals surface area contributed by atoms with Crippen LogP contribution in [-0.2, 0) is 0 Å². The molecule has 0 spiro atoms. The molecule has 2 bridgehead atoms. The van der Waals surface area contributed by atoms with Gasteiger partial charge in [0.25, 0.3) is 0 Å². The summed E-state index contributed by atoms with van der Waals surface area (Å²) in [5, 5.41) is 16.6. The fraction of sp³-hybridized carbons (Fsp3) is 0.714. The van der Waals surface area contributed by atoms with Gasteiger partial charge in [-0.05, 0) is 31.6 Å². The highest BCUT2D eigenvalue weighted by molar-refractivity contribution is 5.88. The van der Waals surface area contributed by atoms with Crippen LogP contribution in [0.5, 0.6) is 0 Å². The summed E-state index contributed by atoms with van der Waals surface area (Å²) in [6, 6.07) is 1.62. The van der Waals surface area contributed by atoms with Gasteiger partial charge in [0.15, 0.2) is 5.82 Å². The fourth-order valence-corrected chi connectivity index (χ4v) is 3.64. The number of piperidine rings is 1. The van der Waals surface area contributed by atoms with Crippen LogP contribution in [0.4, 0.5) is 10.6 Å². The molecule has 2 N–H and O–H groups in total. The Balaban J connectivity index is 1.41. The number of aliphatic hydroxyl groups is 1. The lowest BCUT2D eigenvalue weighted by Crippen LogP contribution is -2.46. The van der Waals surface area contributed by atoms with Gasteiger partial charge < -0.3 is 14.5 Å². The minimum atomic E-state index is -0.373. The number of rotatable bonds is 2. The van der Waals surface area contributed by atoms with Crippen molar-refractivity contribution in [1.82, 2.24) is 10.1 Å². The van der Waals surface area contributed by atoms with Gasteiger partial charge in [-0.1, -0.05) is 11.6 Å². The van der Waals surface area contributed by atoms with E-state index in [0.29, 0.717) is 17.7 Å². The lowest BCUT2D eigenvalue weighted by molar-refractivity contribution is 0.0765. The van der Waals surface area contributed by atoms with E-state index in [2.05, 4.69) is 10.5 Å². The van der Waals surface area contributed by atoms with Crippen LogP contribution < -0.4 is 5.32 Å². The first kappa shape index (κ1) is 12.2. The molecule has 1 saturated heterocycles. The highest BCUT2D eigenvalue weighted by Gasteiger charge is 2.46. The molecule has 1 aliphatic heterocycles. The molecule has 4 rings (SSSR count). The van der Waals surface area contributed by atoms with Gasteiger partial charge in [-0.2, -0.15) is 0 Å². The number of anilines is 1. The van der Waals surface area contributed by atoms with E-state index < -0.39 is 0 Å². The van der Waals surface area contributed by atoms with Crippen LogP contribution in [0.3, 0.4) is 0 Å². The van der Waals surface area contributed by atoms with Crippen molar-refractivity contribution in [3.05, 3.63) is 11.8 Å². The zero-order chi connectivity index (χ0) is 13.7. The number of carbonyl (C=O) groups is 1. The highest BCUT2D eigenvalue weighted by Crippen LogP contribution is 2.39. The number of aliphatic hydroxyl groups excluding tert-OH is 1. The molecule has 6 nitrogen and oxygen atoms in total. The lowest BCUT2D eigenvalue weighted by atomic mass is 9.84.